The summed E-state index contributed by atoms with van der Waals surface area (Å²) < 4.78 is 35.1. The second kappa shape index (κ2) is 8.78. The topological polar surface area (TPSA) is 95.7 Å². The minimum Gasteiger partial charge on any atom is -0.465 e. The van der Waals surface area contributed by atoms with Gasteiger partial charge in [0.05, 0.1) is 17.6 Å². The lowest BCUT2D eigenvalue weighted by Gasteiger charge is -2.16. The smallest absolute Gasteiger partial charge is 0.337 e. The Morgan fingerprint density at radius 2 is 1.93 bits per heavy atom. The third-order valence-corrected chi connectivity index (χ3v) is 6.43. The molecule has 6 nitrogen and oxygen atoms in total. The summed E-state index contributed by atoms with van der Waals surface area (Å²) in [7, 11) is -2.93. The number of sulfonamides is 1. The van der Waals surface area contributed by atoms with Crippen molar-refractivity contribution < 1.29 is 22.7 Å². The zero-order chi connectivity index (χ0) is 20.1. The molecule has 0 aliphatic heterocycles. The highest BCUT2D eigenvalue weighted by molar-refractivity contribution is 7.98. The summed E-state index contributed by atoms with van der Waals surface area (Å²) in [5.74, 6) is 0.453. The quantitative estimate of drug-likeness (QED) is 0.440. The zero-order valence-electron chi connectivity index (χ0n) is 14.8. The molecule has 28 heavy (non-hydrogen) atoms. The number of thioether (sulfide) groups is 1. The number of benzene rings is 2. The van der Waals surface area contributed by atoms with Crippen molar-refractivity contribution in [3.63, 3.8) is 0 Å². The highest BCUT2D eigenvalue weighted by Crippen LogP contribution is 2.40. The Kier molecular flexibility index (Phi) is 6.40. The van der Waals surface area contributed by atoms with Gasteiger partial charge in [0, 0.05) is 5.75 Å². The van der Waals surface area contributed by atoms with Crippen molar-refractivity contribution in [2.75, 3.05) is 7.11 Å². The molecule has 9 heteroatoms. The van der Waals surface area contributed by atoms with Gasteiger partial charge in [-0.25, -0.2) is 18.4 Å². The number of ether oxygens (including phenoxy) is 2. The monoisotopic (exact) mass is 435 g/mol. The molecule has 0 aliphatic rings. The van der Waals surface area contributed by atoms with Gasteiger partial charge in [-0.15, -0.1) is 11.8 Å². The van der Waals surface area contributed by atoms with E-state index >= 15 is 0 Å². The van der Waals surface area contributed by atoms with Crippen LogP contribution in [0.25, 0.3) is 0 Å². The zero-order valence-corrected chi connectivity index (χ0v) is 17.3. The van der Waals surface area contributed by atoms with E-state index in [4.69, 9.17) is 14.6 Å². The third kappa shape index (κ3) is 4.93. The highest BCUT2D eigenvalue weighted by Gasteiger charge is 2.24. The molecule has 0 radical (unpaired) electrons. The predicted octanol–water partition coefficient (Wildman–Crippen LogP) is 4.27. The molecule has 0 atom stereocenters. The first-order valence-corrected chi connectivity index (χ1v) is 11.5. The summed E-state index contributed by atoms with van der Waals surface area (Å²) in [5.41, 5.74) is 1.15. The normalized spacial score (nSPS) is 11.2. The van der Waals surface area contributed by atoms with Crippen LogP contribution in [0.4, 0.5) is 0 Å². The number of rotatable bonds is 7. The first kappa shape index (κ1) is 20.4. The maximum atomic E-state index is 12.2. The van der Waals surface area contributed by atoms with Crippen LogP contribution in [0.15, 0.2) is 69.1 Å². The largest absolute Gasteiger partial charge is 0.465 e. The third-order valence-electron chi connectivity index (χ3n) is 3.69. The Bertz CT molecular complexity index is 1060. The molecule has 3 rings (SSSR count). The van der Waals surface area contributed by atoms with Gasteiger partial charge >= 0.3 is 5.97 Å². The molecular weight excluding hydrogens is 418 g/mol. The molecule has 3 aromatic rings. The van der Waals surface area contributed by atoms with Crippen LogP contribution in [0.2, 0.25) is 0 Å². The second-order valence-corrected chi connectivity index (χ2v) is 9.00. The lowest BCUT2D eigenvalue weighted by Crippen LogP contribution is -2.15. The van der Waals surface area contributed by atoms with Crippen LogP contribution in [-0.4, -0.2) is 21.5 Å². The molecule has 0 fully saturated rings. The Morgan fingerprint density at radius 1 is 1.18 bits per heavy atom. The standard InChI is InChI=1S/C19H17NO5S3/c1-24-19(21)14-9-16(27-12-13-7-8-26-11-13)18(17(10-14)28(20,22)23)25-15-5-3-2-4-6-15/h2-11H,12H2,1H3,(H2,20,22,23). The molecule has 0 aliphatic carbocycles. The molecule has 0 amide bonds. The van der Waals surface area contributed by atoms with Crippen molar-refractivity contribution in [1.82, 2.24) is 0 Å². The molecule has 1 heterocycles. The minimum atomic E-state index is -4.16. The van der Waals surface area contributed by atoms with E-state index in [2.05, 4.69) is 0 Å². The number of thiophene rings is 1. The SMILES string of the molecule is COC(=O)c1cc(SCc2ccsc2)c(Oc2ccccc2)c(S(N)(=O)=O)c1. The van der Waals surface area contributed by atoms with E-state index in [9.17, 15) is 13.2 Å². The van der Waals surface area contributed by atoms with Crippen molar-refractivity contribution in [2.24, 2.45) is 5.14 Å². The van der Waals surface area contributed by atoms with Crippen LogP contribution >= 0.6 is 23.1 Å². The Hall–Kier alpha value is -2.33. The molecule has 0 bridgehead atoms. The first-order valence-electron chi connectivity index (χ1n) is 8.04. The number of carbonyl (C=O) groups excluding carboxylic acids is 1. The van der Waals surface area contributed by atoms with Crippen molar-refractivity contribution in [1.29, 1.82) is 0 Å². The van der Waals surface area contributed by atoms with E-state index in [1.54, 1.807) is 41.7 Å². The molecular formula is C19H17NO5S3. The first-order chi connectivity index (χ1) is 13.4. The maximum Gasteiger partial charge on any atom is 0.337 e. The van der Waals surface area contributed by atoms with Crippen molar-refractivity contribution in [3.8, 4) is 11.5 Å². The summed E-state index contributed by atoms with van der Waals surface area (Å²) >= 11 is 2.92. The van der Waals surface area contributed by atoms with Gasteiger partial charge in [0.2, 0.25) is 10.0 Å². The van der Waals surface area contributed by atoms with Crippen LogP contribution in [0.5, 0.6) is 11.5 Å². The van der Waals surface area contributed by atoms with Gasteiger partial charge in [0.1, 0.15) is 10.6 Å². The van der Waals surface area contributed by atoms with E-state index in [0.29, 0.717) is 16.4 Å². The Labute approximate surface area is 171 Å². The number of para-hydroxylation sites is 1. The Balaban J connectivity index is 2.12. The fourth-order valence-corrected chi connectivity index (χ4v) is 4.91. The summed E-state index contributed by atoms with van der Waals surface area (Å²) in [4.78, 5) is 12.2. The average molecular weight is 436 g/mol. The molecule has 2 N–H and O–H groups in total. The fourth-order valence-electron chi connectivity index (χ4n) is 2.37. The molecule has 0 saturated heterocycles. The van der Waals surface area contributed by atoms with Crippen molar-refractivity contribution in [2.45, 2.75) is 15.5 Å². The summed E-state index contributed by atoms with van der Waals surface area (Å²) in [5, 5.41) is 9.37. The molecule has 146 valence electrons. The van der Waals surface area contributed by atoms with E-state index in [-0.39, 0.29) is 16.2 Å². The summed E-state index contributed by atoms with van der Waals surface area (Å²) in [6.45, 7) is 0. The van der Waals surface area contributed by atoms with Crippen LogP contribution in [0.1, 0.15) is 15.9 Å². The number of methoxy groups -OCH3 is 1. The van der Waals surface area contributed by atoms with Crippen LogP contribution in [-0.2, 0) is 20.5 Å². The summed E-state index contributed by atoms with van der Waals surface area (Å²) in [6, 6.07) is 13.5. The van der Waals surface area contributed by atoms with Crippen LogP contribution in [0, 0.1) is 0 Å². The molecule has 2 aromatic carbocycles. The van der Waals surface area contributed by atoms with E-state index in [0.717, 1.165) is 5.56 Å². The van der Waals surface area contributed by atoms with Gasteiger partial charge in [0.15, 0.2) is 5.75 Å². The van der Waals surface area contributed by atoms with Crippen molar-refractivity contribution in [3.05, 3.63) is 70.4 Å². The van der Waals surface area contributed by atoms with E-state index in [1.807, 2.05) is 22.9 Å². The van der Waals surface area contributed by atoms with E-state index in [1.165, 1.54) is 24.9 Å². The van der Waals surface area contributed by atoms with Crippen LogP contribution in [0.3, 0.4) is 0 Å². The van der Waals surface area contributed by atoms with Crippen molar-refractivity contribution >= 4 is 39.1 Å². The van der Waals surface area contributed by atoms with E-state index < -0.39 is 16.0 Å². The lowest BCUT2D eigenvalue weighted by molar-refractivity contribution is 0.0600. The number of hydrogen-bond acceptors (Lipinski definition) is 7. The average Bonchev–Trinajstić information content (AvgIpc) is 3.20. The van der Waals surface area contributed by atoms with Gasteiger partial charge in [-0.1, -0.05) is 18.2 Å². The number of nitrogens with two attached hydrogens (primary N) is 1. The molecule has 1 aromatic heterocycles. The Morgan fingerprint density at radius 3 is 2.54 bits per heavy atom. The fraction of sp³-hybridized carbons (Fsp3) is 0.105. The number of esters is 1. The maximum absolute atomic E-state index is 12.2. The minimum absolute atomic E-state index is 0.0831. The van der Waals surface area contributed by atoms with Gasteiger partial charge in [0.25, 0.3) is 0 Å². The van der Waals surface area contributed by atoms with Gasteiger partial charge in [-0.05, 0) is 46.7 Å². The molecule has 0 saturated carbocycles. The highest BCUT2D eigenvalue weighted by atomic mass is 32.2. The second-order valence-electron chi connectivity index (χ2n) is 5.67. The van der Waals surface area contributed by atoms with Gasteiger partial charge in [-0.2, -0.15) is 11.3 Å². The number of primary sulfonamides is 1. The predicted molar refractivity (Wildman–Crippen MR) is 110 cm³/mol. The molecule has 0 spiro atoms. The summed E-state index contributed by atoms with van der Waals surface area (Å²) in [6.07, 6.45) is 0. The number of carbonyl (C=O) groups is 1. The van der Waals surface area contributed by atoms with Gasteiger partial charge < -0.3 is 9.47 Å². The number of hydrogen-bond donors (Lipinski definition) is 1. The lowest BCUT2D eigenvalue weighted by atomic mass is 10.2. The van der Waals surface area contributed by atoms with Gasteiger partial charge in [-0.3, -0.25) is 0 Å². The molecule has 0 unspecified atom stereocenters. The van der Waals surface area contributed by atoms with Crippen LogP contribution < -0.4 is 9.88 Å².